The van der Waals surface area contributed by atoms with Crippen molar-refractivity contribution >= 4 is 39.3 Å². The first-order valence-electron chi connectivity index (χ1n) is 1.53. The third-order valence-corrected chi connectivity index (χ3v) is 1.91. The first-order chi connectivity index (χ1) is 3.71. The molecule has 0 radical (unpaired) electrons. The van der Waals surface area contributed by atoms with Crippen LogP contribution in [0.25, 0.3) is 0 Å². The predicted molar refractivity (Wildman–Crippen MR) is 33.7 cm³/mol. The van der Waals surface area contributed by atoms with Gasteiger partial charge < -0.3 is 19.6 Å². The summed E-state index contributed by atoms with van der Waals surface area (Å²) in [6.45, 7) is 0. The molecule has 64 valence electrons. The van der Waals surface area contributed by atoms with Crippen LogP contribution in [0, 0.1) is 0 Å². The van der Waals surface area contributed by atoms with Crippen molar-refractivity contribution in [2.45, 2.75) is 0 Å². The van der Waals surface area contributed by atoms with Crippen LogP contribution in [0.5, 0.6) is 0 Å². The topological polar surface area (TPSA) is 124 Å². The van der Waals surface area contributed by atoms with E-state index in [-0.39, 0.29) is 23.7 Å². The normalized spacial score (nSPS) is 12.4. The maximum atomic E-state index is 9.63. The van der Waals surface area contributed by atoms with Gasteiger partial charge in [0.05, 0.1) is 0 Å². The van der Waals surface area contributed by atoms with Crippen molar-refractivity contribution in [3.63, 3.8) is 0 Å². The van der Waals surface area contributed by atoms with Gasteiger partial charge in [0, 0.05) is 0 Å². The Bertz CT molecular complexity index is 152. The van der Waals surface area contributed by atoms with Crippen LogP contribution in [0.2, 0.25) is 0 Å². The molecule has 7 nitrogen and oxygen atoms in total. The monoisotopic (exact) mass is 310 g/mol. The molecule has 0 aromatic rings. The Morgan fingerprint density at radius 3 is 1.10 bits per heavy atom. The average molecular weight is 308 g/mol. The van der Waals surface area contributed by atoms with Crippen LogP contribution in [0.4, 0.5) is 0 Å². The van der Waals surface area contributed by atoms with E-state index < -0.39 is 15.6 Å². The summed E-state index contributed by atoms with van der Waals surface area (Å²) in [5.74, 6) is 0. The second-order valence-corrected chi connectivity index (χ2v) is 3.68. The Morgan fingerprint density at radius 1 is 0.900 bits per heavy atom. The van der Waals surface area contributed by atoms with E-state index in [1.54, 1.807) is 0 Å². The summed E-state index contributed by atoms with van der Waals surface area (Å²) in [6, 6.07) is 0. The van der Waals surface area contributed by atoms with Crippen molar-refractivity contribution < 1.29 is 33.0 Å². The van der Waals surface area contributed by atoms with Crippen LogP contribution < -0.4 is 0 Å². The summed E-state index contributed by atoms with van der Waals surface area (Å²) in [7, 11) is -10.1. The SMILES string of the molecule is O=P(O)(O)OP(=O)(O)O.[TeH2]. The van der Waals surface area contributed by atoms with Gasteiger partial charge in [0.1, 0.15) is 0 Å². The Balaban J connectivity index is 0. The summed E-state index contributed by atoms with van der Waals surface area (Å²) in [6.07, 6.45) is 0. The number of rotatable bonds is 2. The summed E-state index contributed by atoms with van der Waals surface area (Å²) in [5.41, 5.74) is 0. The fraction of sp³-hybridized carbons (Fsp3) is 0. The van der Waals surface area contributed by atoms with E-state index in [4.69, 9.17) is 19.6 Å². The van der Waals surface area contributed by atoms with Gasteiger partial charge in [0.25, 0.3) is 0 Å². The molecular weight excluding hydrogens is 302 g/mol. The molecule has 0 fully saturated rings. The fourth-order valence-electron chi connectivity index (χ4n) is 0.139. The van der Waals surface area contributed by atoms with Gasteiger partial charge in [-0.1, -0.05) is 0 Å². The van der Waals surface area contributed by atoms with Crippen molar-refractivity contribution in [3.05, 3.63) is 0 Å². The molecule has 0 amide bonds. The van der Waals surface area contributed by atoms with Crippen LogP contribution in [0.3, 0.4) is 0 Å². The molecule has 0 aliphatic carbocycles. The molecule has 0 unspecified atom stereocenters. The predicted octanol–water partition coefficient (Wildman–Crippen LogP) is -1.73. The molecule has 0 saturated carbocycles. The summed E-state index contributed by atoms with van der Waals surface area (Å²) in [5, 5.41) is 0. The van der Waals surface area contributed by atoms with Crippen molar-refractivity contribution in [2.75, 3.05) is 0 Å². The molecule has 0 spiro atoms. The first-order valence-corrected chi connectivity index (χ1v) is 4.59. The van der Waals surface area contributed by atoms with Crippen LogP contribution >= 0.6 is 15.6 Å². The molecule has 0 saturated heterocycles. The zero-order chi connectivity index (χ0) is 7.71. The second-order valence-electron chi connectivity index (χ2n) is 1.06. The average Bonchev–Trinajstić information content (AvgIpc) is 1.14. The van der Waals surface area contributed by atoms with E-state index in [0.717, 1.165) is 0 Å². The fourth-order valence-corrected chi connectivity index (χ4v) is 1.25. The van der Waals surface area contributed by atoms with Crippen LogP contribution in [-0.4, -0.2) is 43.2 Å². The molecule has 0 aromatic carbocycles. The van der Waals surface area contributed by atoms with Crippen molar-refractivity contribution in [2.24, 2.45) is 0 Å². The summed E-state index contributed by atoms with van der Waals surface area (Å²) < 4.78 is 22.2. The van der Waals surface area contributed by atoms with Crippen LogP contribution in [0.15, 0.2) is 0 Å². The molecule has 0 atom stereocenters. The van der Waals surface area contributed by atoms with E-state index in [0.29, 0.717) is 0 Å². The number of hydrogen-bond donors (Lipinski definition) is 4. The van der Waals surface area contributed by atoms with Gasteiger partial charge in [-0.15, -0.1) is 0 Å². The summed E-state index contributed by atoms with van der Waals surface area (Å²) >= 11 is 0. The van der Waals surface area contributed by atoms with Gasteiger partial charge in [0.15, 0.2) is 0 Å². The molecule has 0 aliphatic heterocycles. The van der Waals surface area contributed by atoms with Gasteiger partial charge in [-0.3, -0.25) is 0 Å². The standard InChI is InChI=1S/H4O7P2.H2Te/c1-8(2,3)7-9(4,5)6;/h(H2,1,2,3)(H2,4,5,6);1H2. The number of hydrogen-bond acceptors (Lipinski definition) is 3. The Kier molecular flexibility index (Phi) is 5.68. The minimum atomic E-state index is -5.05. The zero-order valence-corrected chi connectivity index (χ0v) is 9.05. The Morgan fingerprint density at radius 2 is 1.10 bits per heavy atom. The summed E-state index contributed by atoms with van der Waals surface area (Å²) in [4.78, 5) is 31.0. The quantitative estimate of drug-likeness (QED) is 0.353. The van der Waals surface area contributed by atoms with Gasteiger partial charge in [0.2, 0.25) is 0 Å². The molecular formula is H6O7P2Te. The molecule has 10 heteroatoms. The Hall–Kier alpha value is 1.05. The minimum absolute atomic E-state index is 0. The molecule has 0 rings (SSSR count). The van der Waals surface area contributed by atoms with E-state index in [1.165, 1.54) is 0 Å². The molecule has 10 heavy (non-hydrogen) atoms. The van der Waals surface area contributed by atoms with Gasteiger partial charge in [-0.2, -0.15) is 4.31 Å². The third-order valence-electron chi connectivity index (χ3n) is 0.213. The number of phosphoric acid groups is 2. The van der Waals surface area contributed by atoms with Gasteiger partial charge in [-0.05, 0) is 0 Å². The van der Waals surface area contributed by atoms with E-state index in [1.807, 2.05) is 0 Å². The van der Waals surface area contributed by atoms with Gasteiger partial charge in [-0.25, -0.2) is 9.13 Å². The maximum absolute atomic E-state index is 9.63. The zero-order valence-electron chi connectivity index (χ0n) is 4.41. The second kappa shape index (κ2) is 4.17. The van der Waals surface area contributed by atoms with Crippen molar-refractivity contribution in [1.82, 2.24) is 0 Å². The first kappa shape index (κ1) is 13.6. The van der Waals surface area contributed by atoms with E-state index in [2.05, 4.69) is 4.31 Å². The van der Waals surface area contributed by atoms with Crippen LogP contribution in [0.1, 0.15) is 0 Å². The molecule has 0 aliphatic rings. The van der Waals surface area contributed by atoms with Crippen molar-refractivity contribution in [1.29, 1.82) is 0 Å². The molecule has 0 heterocycles. The van der Waals surface area contributed by atoms with Crippen LogP contribution in [-0.2, 0) is 13.4 Å². The molecule has 0 bridgehead atoms. The van der Waals surface area contributed by atoms with E-state index in [9.17, 15) is 9.13 Å². The van der Waals surface area contributed by atoms with E-state index >= 15 is 0 Å². The van der Waals surface area contributed by atoms with Crippen molar-refractivity contribution in [3.8, 4) is 0 Å². The third kappa shape index (κ3) is 11.8. The molecule has 0 aromatic heterocycles. The molecule has 4 N–H and O–H groups in total. The Labute approximate surface area is 72.6 Å². The van der Waals surface area contributed by atoms with Gasteiger partial charge >= 0.3 is 39.3 Å².